The smallest absolute Gasteiger partial charge is 0.257 e. The van der Waals surface area contributed by atoms with Gasteiger partial charge < -0.3 is 11.1 Å². The number of halogens is 1. The summed E-state index contributed by atoms with van der Waals surface area (Å²) in [6.45, 7) is 2.13. The Bertz CT molecular complexity index is 611. The molecule has 0 aliphatic rings. The molecule has 1 amide bonds. The number of nitrogens with one attached hydrogen (secondary N) is 1. The van der Waals surface area contributed by atoms with Crippen LogP contribution in [0.15, 0.2) is 36.5 Å². The van der Waals surface area contributed by atoms with E-state index < -0.39 is 0 Å². The van der Waals surface area contributed by atoms with Crippen LogP contribution in [0.25, 0.3) is 0 Å². The van der Waals surface area contributed by atoms with Crippen LogP contribution in [0.1, 0.15) is 29.3 Å². The number of rotatable bonds is 4. The van der Waals surface area contributed by atoms with E-state index in [1.54, 1.807) is 0 Å². The average molecular weight is 290 g/mol. The molecule has 3 N–H and O–H groups in total. The van der Waals surface area contributed by atoms with Gasteiger partial charge in [0, 0.05) is 11.9 Å². The van der Waals surface area contributed by atoms with Gasteiger partial charge in [0.05, 0.1) is 10.6 Å². The van der Waals surface area contributed by atoms with Crippen LogP contribution in [-0.2, 0) is 6.42 Å². The van der Waals surface area contributed by atoms with Gasteiger partial charge in [-0.1, -0.05) is 37.1 Å². The van der Waals surface area contributed by atoms with Crippen molar-refractivity contribution in [3.05, 3.63) is 52.7 Å². The molecule has 4 nitrogen and oxygen atoms in total. The zero-order valence-electron chi connectivity index (χ0n) is 11.2. The number of hydrogen-bond donors (Lipinski definition) is 2. The largest absolute Gasteiger partial charge is 0.384 e. The third-order valence-electron chi connectivity index (χ3n) is 2.87. The second-order valence-electron chi connectivity index (χ2n) is 4.49. The fourth-order valence-electron chi connectivity index (χ4n) is 1.87. The maximum Gasteiger partial charge on any atom is 0.257 e. The van der Waals surface area contributed by atoms with Crippen molar-refractivity contribution in [2.45, 2.75) is 19.8 Å². The summed E-state index contributed by atoms with van der Waals surface area (Å²) in [7, 11) is 0. The molecule has 0 bridgehead atoms. The number of pyridine rings is 1. The van der Waals surface area contributed by atoms with Crippen LogP contribution in [-0.4, -0.2) is 10.9 Å². The monoisotopic (exact) mass is 289 g/mol. The van der Waals surface area contributed by atoms with Crippen LogP contribution < -0.4 is 11.1 Å². The van der Waals surface area contributed by atoms with E-state index >= 15 is 0 Å². The molecule has 1 heterocycles. The molecule has 2 aromatic rings. The number of carbonyl (C=O) groups is 1. The Labute approximate surface area is 123 Å². The highest BCUT2D eigenvalue weighted by Gasteiger charge is 2.11. The van der Waals surface area contributed by atoms with E-state index in [0.717, 1.165) is 18.5 Å². The summed E-state index contributed by atoms with van der Waals surface area (Å²) in [5.74, 6) is -0.0369. The number of nitrogen functional groups attached to an aromatic ring is 1. The lowest BCUT2D eigenvalue weighted by Crippen LogP contribution is -2.13. The highest BCUT2D eigenvalue weighted by molar-refractivity contribution is 6.34. The molecule has 2 rings (SSSR count). The molecule has 0 aliphatic carbocycles. The lowest BCUT2D eigenvalue weighted by Gasteiger charge is -2.08. The lowest BCUT2D eigenvalue weighted by molar-refractivity contribution is 0.102. The molecule has 1 aromatic carbocycles. The van der Waals surface area contributed by atoms with E-state index in [9.17, 15) is 4.79 Å². The van der Waals surface area contributed by atoms with Crippen molar-refractivity contribution < 1.29 is 4.79 Å². The lowest BCUT2D eigenvalue weighted by atomic mass is 10.1. The first kappa shape index (κ1) is 14.3. The molecule has 0 radical (unpaired) electrons. The maximum atomic E-state index is 12.1. The Morgan fingerprint density at radius 3 is 2.70 bits per heavy atom. The number of amides is 1. The third-order valence-corrected chi connectivity index (χ3v) is 3.17. The average Bonchev–Trinajstić information content (AvgIpc) is 2.44. The summed E-state index contributed by atoms with van der Waals surface area (Å²) in [5, 5.41) is 3.07. The van der Waals surface area contributed by atoms with Crippen molar-refractivity contribution >= 4 is 29.0 Å². The maximum absolute atomic E-state index is 12.1. The first-order valence-corrected chi connectivity index (χ1v) is 6.79. The molecule has 0 atom stereocenters. The standard InChI is InChI=1S/C15H16ClN3O/c1-2-3-10-4-6-11(7-5-10)19-15(20)12-8-14(17)18-9-13(12)16/h4-9H,2-3H2,1H3,(H2,17,18)(H,19,20). The van der Waals surface area contributed by atoms with E-state index in [0.29, 0.717) is 5.56 Å². The zero-order valence-corrected chi connectivity index (χ0v) is 11.9. The Morgan fingerprint density at radius 1 is 1.35 bits per heavy atom. The summed E-state index contributed by atoms with van der Waals surface area (Å²) in [6.07, 6.45) is 3.49. The number of anilines is 2. The van der Waals surface area contributed by atoms with Crippen molar-refractivity contribution in [2.24, 2.45) is 0 Å². The minimum atomic E-state index is -0.299. The molecule has 0 aliphatic heterocycles. The molecule has 0 unspecified atom stereocenters. The van der Waals surface area contributed by atoms with Gasteiger partial charge in [-0.25, -0.2) is 4.98 Å². The van der Waals surface area contributed by atoms with Gasteiger partial charge in [0.2, 0.25) is 0 Å². The molecule has 1 aromatic heterocycles. The summed E-state index contributed by atoms with van der Waals surface area (Å²) in [5.41, 5.74) is 7.85. The van der Waals surface area contributed by atoms with Gasteiger partial charge >= 0.3 is 0 Å². The molecular formula is C15H16ClN3O. The Hall–Kier alpha value is -2.07. The Balaban J connectivity index is 2.13. The molecule has 20 heavy (non-hydrogen) atoms. The highest BCUT2D eigenvalue weighted by Crippen LogP contribution is 2.19. The van der Waals surface area contributed by atoms with Crippen LogP contribution in [0.5, 0.6) is 0 Å². The predicted octanol–water partition coefficient (Wildman–Crippen LogP) is 3.52. The minimum absolute atomic E-state index is 0.262. The fourth-order valence-corrected chi connectivity index (χ4v) is 2.06. The van der Waals surface area contributed by atoms with E-state index in [-0.39, 0.29) is 16.7 Å². The summed E-state index contributed by atoms with van der Waals surface area (Å²) in [6, 6.07) is 9.22. The SMILES string of the molecule is CCCc1ccc(NC(=O)c2cc(N)ncc2Cl)cc1. The van der Waals surface area contributed by atoms with Crippen LogP contribution in [0.3, 0.4) is 0 Å². The fraction of sp³-hybridized carbons (Fsp3) is 0.200. The molecule has 0 spiro atoms. The third kappa shape index (κ3) is 3.48. The number of nitrogens with two attached hydrogens (primary N) is 1. The first-order valence-electron chi connectivity index (χ1n) is 6.41. The molecule has 5 heteroatoms. The van der Waals surface area contributed by atoms with Crippen molar-refractivity contribution in [1.82, 2.24) is 4.98 Å². The van der Waals surface area contributed by atoms with E-state index in [2.05, 4.69) is 17.2 Å². The van der Waals surface area contributed by atoms with Crippen molar-refractivity contribution in [2.75, 3.05) is 11.1 Å². The van der Waals surface area contributed by atoms with Gasteiger partial charge in [0.1, 0.15) is 5.82 Å². The Morgan fingerprint density at radius 2 is 2.05 bits per heavy atom. The molecule has 0 saturated carbocycles. The van der Waals surface area contributed by atoms with Gasteiger partial charge in [0.15, 0.2) is 0 Å². The van der Waals surface area contributed by atoms with E-state index in [1.165, 1.54) is 17.8 Å². The second kappa shape index (κ2) is 6.39. The van der Waals surface area contributed by atoms with Gasteiger partial charge in [0.25, 0.3) is 5.91 Å². The molecule has 0 fully saturated rings. The van der Waals surface area contributed by atoms with Gasteiger partial charge in [-0.05, 0) is 30.2 Å². The van der Waals surface area contributed by atoms with Crippen molar-refractivity contribution in [1.29, 1.82) is 0 Å². The van der Waals surface area contributed by atoms with Crippen molar-refractivity contribution in [3.63, 3.8) is 0 Å². The number of aryl methyl sites for hydroxylation is 1. The summed E-state index contributed by atoms with van der Waals surface area (Å²) < 4.78 is 0. The van der Waals surface area contributed by atoms with Gasteiger partial charge in [-0.3, -0.25) is 4.79 Å². The quantitative estimate of drug-likeness (QED) is 0.905. The molecule has 104 valence electrons. The van der Waals surface area contributed by atoms with E-state index in [1.807, 2.05) is 24.3 Å². The zero-order chi connectivity index (χ0) is 14.5. The number of aromatic nitrogens is 1. The second-order valence-corrected chi connectivity index (χ2v) is 4.90. The summed E-state index contributed by atoms with van der Waals surface area (Å²) >= 11 is 5.94. The molecule has 0 saturated heterocycles. The van der Waals surface area contributed by atoms with E-state index in [4.69, 9.17) is 17.3 Å². The molecular weight excluding hydrogens is 274 g/mol. The van der Waals surface area contributed by atoms with Gasteiger partial charge in [-0.2, -0.15) is 0 Å². The topological polar surface area (TPSA) is 68.0 Å². The van der Waals surface area contributed by atoms with Crippen LogP contribution >= 0.6 is 11.6 Å². The number of hydrogen-bond acceptors (Lipinski definition) is 3. The first-order chi connectivity index (χ1) is 9.60. The van der Waals surface area contributed by atoms with Crippen LogP contribution in [0.2, 0.25) is 5.02 Å². The number of benzene rings is 1. The predicted molar refractivity (Wildman–Crippen MR) is 82.0 cm³/mol. The van der Waals surface area contributed by atoms with Gasteiger partial charge in [-0.15, -0.1) is 0 Å². The highest BCUT2D eigenvalue weighted by atomic mass is 35.5. The number of carbonyl (C=O) groups excluding carboxylic acids is 1. The Kier molecular flexibility index (Phi) is 4.58. The summed E-state index contributed by atoms with van der Waals surface area (Å²) in [4.78, 5) is 15.9. The minimum Gasteiger partial charge on any atom is -0.384 e. The number of nitrogens with zero attached hydrogens (tertiary/aromatic N) is 1. The van der Waals surface area contributed by atoms with Crippen molar-refractivity contribution in [3.8, 4) is 0 Å². The van der Waals surface area contributed by atoms with Crippen LogP contribution in [0.4, 0.5) is 11.5 Å². The normalized spacial score (nSPS) is 10.3. The van der Waals surface area contributed by atoms with Crippen LogP contribution in [0, 0.1) is 0 Å².